The Kier molecular flexibility index (Phi) is 4.81. The van der Waals surface area contributed by atoms with E-state index in [0.717, 1.165) is 0 Å². The van der Waals surface area contributed by atoms with Gasteiger partial charge in [-0.25, -0.2) is 0 Å². The van der Waals surface area contributed by atoms with Crippen LogP contribution in [0.25, 0.3) is 16.3 Å². The Morgan fingerprint density at radius 3 is 2.03 bits per heavy atom. The van der Waals surface area contributed by atoms with Gasteiger partial charge in [-0.1, -0.05) is 109 Å². The number of rotatable bonds is 3. The van der Waals surface area contributed by atoms with Crippen LogP contribution < -0.4 is 4.90 Å². The highest BCUT2D eigenvalue weighted by Gasteiger charge is 2.30. The van der Waals surface area contributed by atoms with E-state index in [2.05, 4.69) is 139 Å². The van der Waals surface area contributed by atoms with Gasteiger partial charge in [0.2, 0.25) is 0 Å². The first-order valence-corrected chi connectivity index (χ1v) is 11.5. The minimum absolute atomic E-state index is 0.0952. The van der Waals surface area contributed by atoms with Gasteiger partial charge in [-0.2, -0.15) is 0 Å². The molecule has 1 heteroatoms. The molecule has 0 aromatic heterocycles. The molecule has 0 fully saturated rings. The Morgan fingerprint density at radius 1 is 0.606 bits per heavy atom. The van der Waals surface area contributed by atoms with E-state index >= 15 is 0 Å². The lowest BCUT2D eigenvalue weighted by atomic mass is 9.84. The van der Waals surface area contributed by atoms with Crippen molar-refractivity contribution in [3.63, 3.8) is 0 Å². The SMILES string of the molecule is Cc1ccc(N2c3ccc4ccccc4c3C(c3ccccc3)=CC2c2ccccc2)cc1. The van der Waals surface area contributed by atoms with Crippen LogP contribution in [-0.2, 0) is 0 Å². The third kappa shape index (κ3) is 3.43. The molecule has 0 aliphatic carbocycles. The molecular weight excluding hydrogens is 398 g/mol. The van der Waals surface area contributed by atoms with Crippen molar-refractivity contribution >= 4 is 27.7 Å². The van der Waals surface area contributed by atoms with Gasteiger partial charge in [0.15, 0.2) is 0 Å². The summed E-state index contributed by atoms with van der Waals surface area (Å²) < 4.78 is 0. The van der Waals surface area contributed by atoms with Gasteiger partial charge in [-0.05, 0) is 58.7 Å². The highest BCUT2D eigenvalue weighted by molar-refractivity contribution is 6.05. The highest BCUT2D eigenvalue weighted by Crippen LogP contribution is 2.49. The average Bonchev–Trinajstić information content (AvgIpc) is 2.89. The molecule has 33 heavy (non-hydrogen) atoms. The van der Waals surface area contributed by atoms with E-state index in [-0.39, 0.29) is 6.04 Å². The number of hydrogen-bond donors (Lipinski definition) is 0. The lowest BCUT2D eigenvalue weighted by molar-refractivity contribution is 0.842. The maximum absolute atomic E-state index is 2.49. The van der Waals surface area contributed by atoms with Crippen LogP contribution in [0.15, 0.2) is 127 Å². The molecule has 0 amide bonds. The Labute approximate surface area is 195 Å². The second-order valence-electron chi connectivity index (χ2n) is 8.69. The quantitative estimate of drug-likeness (QED) is 0.281. The zero-order valence-electron chi connectivity index (χ0n) is 18.6. The van der Waals surface area contributed by atoms with Crippen LogP contribution in [0.3, 0.4) is 0 Å². The molecule has 6 rings (SSSR count). The van der Waals surface area contributed by atoms with Crippen LogP contribution in [0.1, 0.15) is 28.3 Å². The van der Waals surface area contributed by atoms with E-state index in [1.807, 2.05) is 0 Å². The average molecular weight is 424 g/mol. The van der Waals surface area contributed by atoms with E-state index in [0.29, 0.717) is 0 Å². The summed E-state index contributed by atoms with van der Waals surface area (Å²) in [5, 5.41) is 2.55. The summed E-state index contributed by atoms with van der Waals surface area (Å²) in [6.45, 7) is 2.14. The molecule has 158 valence electrons. The third-order valence-electron chi connectivity index (χ3n) is 6.58. The first-order chi connectivity index (χ1) is 16.3. The van der Waals surface area contributed by atoms with Crippen LogP contribution >= 0.6 is 0 Å². The fourth-order valence-electron chi connectivity index (χ4n) is 4.97. The molecule has 0 saturated heterocycles. The van der Waals surface area contributed by atoms with Gasteiger partial charge in [0.05, 0.1) is 11.7 Å². The van der Waals surface area contributed by atoms with Crippen molar-refractivity contribution in [3.8, 4) is 0 Å². The van der Waals surface area contributed by atoms with Crippen LogP contribution in [0.5, 0.6) is 0 Å². The molecule has 1 aliphatic rings. The first-order valence-electron chi connectivity index (χ1n) is 11.5. The summed E-state index contributed by atoms with van der Waals surface area (Å²) in [7, 11) is 0. The second-order valence-corrected chi connectivity index (χ2v) is 8.69. The van der Waals surface area contributed by atoms with E-state index in [9.17, 15) is 0 Å². The molecule has 0 bridgehead atoms. The summed E-state index contributed by atoms with van der Waals surface area (Å²) in [5.41, 5.74) is 8.84. The minimum Gasteiger partial charge on any atom is -0.330 e. The smallest absolute Gasteiger partial charge is 0.0785 e. The predicted molar refractivity (Wildman–Crippen MR) is 140 cm³/mol. The van der Waals surface area contributed by atoms with Crippen LogP contribution in [0.2, 0.25) is 0 Å². The first kappa shape index (κ1) is 19.6. The maximum Gasteiger partial charge on any atom is 0.0785 e. The molecule has 0 saturated carbocycles. The normalized spacial score (nSPS) is 15.2. The number of hydrogen-bond acceptors (Lipinski definition) is 1. The number of benzene rings is 5. The van der Waals surface area contributed by atoms with Crippen molar-refractivity contribution < 1.29 is 0 Å². The van der Waals surface area contributed by atoms with Crippen LogP contribution in [0, 0.1) is 6.92 Å². The fraction of sp³-hybridized carbons (Fsp3) is 0.0625. The number of anilines is 2. The second kappa shape index (κ2) is 8.11. The van der Waals surface area contributed by atoms with E-state index in [1.54, 1.807) is 0 Å². The van der Waals surface area contributed by atoms with Crippen LogP contribution in [0.4, 0.5) is 11.4 Å². The zero-order valence-corrected chi connectivity index (χ0v) is 18.6. The molecule has 1 heterocycles. The van der Waals surface area contributed by atoms with Crippen molar-refractivity contribution in [1.82, 2.24) is 0 Å². The summed E-state index contributed by atoms with van der Waals surface area (Å²) in [6.07, 6.45) is 2.44. The largest absolute Gasteiger partial charge is 0.330 e. The van der Waals surface area contributed by atoms with Gasteiger partial charge >= 0.3 is 0 Å². The molecule has 0 radical (unpaired) electrons. The monoisotopic (exact) mass is 423 g/mol. The lowest BCUT2D eigenvalue weighted by Crippen LogP contribution is -2.27. The predicted octanol–water partition coefficient (Wildman–Crippen LogP) is 8.47. The van der Waals surface area contributed by atoms with Gasteiger partial charge in [-0.15, -0.1) is 0 Å². The number of aryl methyl sites for hydroxylation is 1. The van der Waals surface area contributed by atoms with Gasteiger partial charge in [0.1, 0.15) is 0 Å². The van der Waals surface area contributed by atoms with Crippen molar-refractivity contribution in [1.29, 1.82) is 0 Å². The molecule has 5 aromatic rings. The van der Waals surface area contributed by atoms with Gasteiger partial charge in [0.25, 0.3) is 0 Å². The molecule has 5 aromatic carbocycles. The van der Waals surface area contributed by atoms with E-state index < -0.39 is 0 Å². The molecule has 0 N–H and O–H groups in total. The highest BCUT2D eigenvalue weighted by atomic mass is 15.2. The lowest BCUT2D eigenvalue weighted by Gasteiger charge is -2.39. The van der Waals surface area contributed by atoms with Crippen molar-refractivity contribution in [2.24, 2.45) is 0 Å². The van der Waals surface area contributed by atoms with Crippen LogP contribution in [-0.4, -0.2) is 0 Å². The summed E-state index contributed by atoms with van der Waals surface area (Å²) in [4.78, 5) is 2.49. The Hall–Kier alpha value is -4.10. The number of nitrogens with zero attached hydrogens (tertiary/aromatic N) is 1. The Morgan fingerprint density at radius 2 is 1.27 bits per heavy atom. The molecule has 1 atom stereocenters. The molecular formula is C32H25N. The molecule has 0 spiro atoms. The Balaban J connectivity index is 1.69. The Bertz CT molecular complexity index is 1450. The topological polar surface area (TPSA) is 3.24 Å². The van der Waals surface area contributed by atoms with E-state index in [1.165, 1.54) is 50.0 Å². The van der Waals surface area contributed by atoms with Crippen molar-refractivity contribution in [2.75, 3.05) is 4.90 Å². The summed E-state index contributed by atoms with van der Waals surface area (Å²) in [6, 6.07) is 43.9. The van der Waals surface area contributed by atoms with Gasteiger partial charge in [-0.3, -0.25) is 0 Å². The number of fused-ring (bicyclic) bond motifs is 3. The molecule has 1 nitrogen and oxygen atoms in total. The standard InChI is InChI=1S/C32H25N/c1-23-16-19-27(20-17-23)33-30-21-18-25-12-8-9-15-28(25)32(30)29(24-10-4-2-5-11-24)22-31(33)26-13-6-3-7-14-26/h2-22,31H,1H3. The zero-order chi connectivity index (χ0) is 22.2. The minimum atomic E-state index is 0.0952. The maximum atomic E-state index is 2.49. The summed E-state index contributed by atoms with van der Waals surface area (Å²) in [5.74, 6) is 0. The van der Waals surface area contributed by atoms with Crippen molar-refractivity contribution in [3.05, 3.63) is 150 Å². The van der Waals surface area contributed by atoms with Gasteiger partial charge in [0, 0.05) is 11.3 Å². The molecule has 1 aliphatic heterocycles. The van der Waals surface area contributed by atoms with Crippen molar-refractivity contribution in [2.45, 2.75) is 13.0 Å². The van der Waals surface area contributed by atoms with E-state index in [4.69, 9.17) is 0 Å². The third-order valence-corrected chi connectivity index (χ3v) is 6.58. The summed E-state index contributed by atoms with van der Waals surface area (Å²) >= 11 is 0. The molecule has 1 unspecified atom stereocenters. The fourth-order valence-corrected chi connectivity index (χ4v) is 4.97. The van der Waals surface area contributed by atoms with Gasteiger partial charge < -0.3 is 4.90 Å².